The van der Waals surface area contributed by atoms with Crippen molar-refractivity contribution in [2.24, 2.45) is 0 Å². The molecule has 1 heterocycles. The Morgan fingerprint density at radius 2 is 2.07 bits per heavy atom. The van der Waals surface area contributed by atoms with Gasteiger partial charge in [0.15, 0.2) is 0 Å². The molecule has 0 aliphatic heterocycles. The second-order valence-corrected chi connectivity index (χ2v) is 5.21. The van der Waals surface area contributed by atoms with Gasteiger partial charge in [0.2, 0.25) is 0 Å². The van der Waals surface area contributed by atoms with E-state index in [1.54, 1.807) is 12.1 Å². The molecule has 1 aromatic carbocycles. The highest BCUT2D eigenvalue weighted by Gasteiger charge is 2.15. The summed E-state index contributed by atoms with van der Waals surface area (Å²) in [5.74, 6) is 0. The van der Waals surface area contributed by atoms with Crippen molar-refractivity contribution in [1.29, 1.82) is 0 Å². The van der Waals surface area contributed by atoms with E-state index in [2.05, 4.69) is 15.9 Å². The Bertz CT molecular complexity index is 481. The molecule has 2 rings (SSSR count). The van der Waals surface area contributed by atoms with Gasteiger partial charge >= 0.3 is 0 Å². The zero-order valence-electron chi connectivity index (χ0n) is 6.73. The minimum absolute atomic E-state index is 0.0102. The van der Waals surface area contributed by atoms with Crippen LogP contribution in [0.4, 0.5) is 8.78 Å². The van der Waals surface area contributed by atoms with Gasteiger partial charge in [0, 0.05) is 10.0 Å². The molecule has 5 heteroatoms. The molecular formula is C9H4BrClF2S. The van der Waals surface area contributed by atoms with Crippen molar-refractivity contribution in [3.8, 4) is 0 Å². The lowest BCUT2D eigenvalue weighted by Gasteiger charge is -2.03. The first-order valence-corrected chi connectivity index (χ1v) is 5.74. The van der Waals surface area contributed by atoms with Crippen molar-refractivity contribution >= 4 is 49.0 Å². The first-order valence-electron chi connectivity index (χ1n) is 3.75. The van der Waals surface area contributed by atoms with E-state index in [0.717, 1.165) is 10.1 Å². The highest BCUT2D eigenvalue weighted by Crippen LogP contribution is 2.39. The lowest BCUT2D eigenvalue weighted by atomic mass is 10.2. The Kier molecular flexibility index (Phi) is 2.77. The molecule has 0 saturated carbocycles. The standard InChI is InChI=1S/C9H4BrClF2S/c10-7-5(9(12)13)2-1-4-3-6(11)14-8(4)7/h1-3,9H. The molecule has 1 aromatic heterocycles. The van der Waals surface area contributed by atoms with Crippen molar-refractivity contribution in [3.05, 3.63) is 32.6 Å². The Morgan fingerprint density at radius 3 is 2.71 bits per heavy atom. The van der Waals surface area contributed by atoms with E-state index in [1.165, 1.54) is 17.4 Å². The highest BCUT2D eigenvalue weighted by molar-refractivity contribution is 9.10. The van der Waals surface area contributed by atoms with Crippen molar-refractivity contribution in [2.75, 3.05) is 0 Å². The molecule has 0 aliphatic rings. The Balaban J connectivity index is 2.74. The summed E-state index contributed by atoms with van der Waals surface area (Å²) in [7, 11) is 0. The Hall–Kier alpha value is -0.190. The Morgan fingerprint density at radius 1 is 1.36 bits per heavy atom. The third-order valence-corrected chi connectivity index (χ3v) is 4.28. The van der Waals surface area contributed by atoms with Crippen LogP contribution in [0.2, 0.25) is 4.34 Å². The van der Waals surface area contributed by atoms with E-state index in [0.29, 0.717) is 8.81 Å². The third kappa shape index (κ3) is 1.66. The normalized spacial score (nSPS) is 11.5. The first kappa shape index (κ1) is 10.3. The number of rotatable bonds is 1. The zero-order chi connectivity index (χ0) is 10.3. The molecule has 0 amide bonds. The van der Waals surface area contributed by atoms with Gasteiger partial charge in [0.25, 0.3) is 6.43 Å². The van der Waals surface area contributed by atoms with Crippen LogP contribution in [-0.4, -0.2) is 0 Å². The van der Waals surface area contributed by atoms with Crippen molar-refractivity contribution < 1.29 is 8.78 Å². The summed E-state index contributed by atoms with van der Waals surface area (Å²) in [6.07, 6.45) is -2.46. The van der Waals surface area contributed by atoms with Crippen LogP contribution in [0.1, 0.15) is 12.0 Å². The molecule has 0 unspecified atom stereocenters. The summed E-state index contributed by atoms with van der Waals surface area (Å²) in [5.41, 5.74) is 0.0102. The minimum atomic E-state index is -2.46. The largest absolute Gasteiger partial charge is 0.264 e. The molecule has 0 radical (unpaired) electrons. The molecule has 0 fully saturated rings. The average molecular weight is 298 g/mol. The van der Waals surface area contributed by atoms with E-state index < -0.39 is 6.43 Å². The van der Waals surface area contributed by atoms with Gasteiger partial charge in [-0.15, -0.1) is 11.3 Å². The van der Waals surface area contributed by atoms with Gasteiger partial charge in [0.1, 0.15) is 0 Å². The number of hydrogen-bond donors (Lipinski definition) is 0. The van der Waals surface area contributed by atoms with E-state index in [-0.39, 0.29) is 5.56 Å². The van der Waals surface area contributed by atoms with Crippen LogP contribution in [0.5, 0.6) is 0 Å². The third-order valence-electron chi connectivity index (χ3n) is 1.86. The number of benzene rings is 1. The molecule has 0 nitrogen and oxygen atoms in total. The van der Waals surface area contributed by atoms with Crippen LogP contribution in [0.15, 0.2) is 22.7 Å². The molecule has 14 heavy (non-hydrogen) atoms. The summed E-state index contributed by atoms with van der Waals surface area (Å²) in [5, 5.41) is 0.885. The minimum Gasteiger partial charge on any atom is -0.205 e. The molecule has 0 atom stereocenters. The molecule has 74 valence electrons. The number of alkyl halides is 2. The fraction of sp³-hybridized carbons (Fsp3) is 0.111. The maximum atomic E-state index is 12.5. The summed E-state index contributed by atoms with van der Waals surface area (Å²) >= 11 is 10.3. The van der Waals surface area contributed by atoms with Gasteiger partial charge in [0.05, 0.1) is 9.04 Å². The topological polar surface area (TPSA) is 0 Å². The van der Waals surface area contributed by atoms with Crippen molar-refractivity contribution in [2.45, 2.75) is 6.43 Å². The maximum Gasteiger partial charge on any atom is 0.264 e. The highest BCUT2D eigenvalue weighted by atomic mass is 79.9. The van der Waals surface area contributed by atoms with E-state index in [1.807, 2.05) is 0 Å². The molecule has 0 aliphatic carbocycles. The first-order chi connectivity index (χ1) is 6.59. The SMILES string of the molecule is FC(F)c1ccc2cc(Cl)sc2c1Br. The van der Waals surface area contributed by atoms with Crippen LogP contribution in [0.3, 0.4) is 0 Å². The predicted molar refractivity (Wildman–Crippen MR) is 59.5 cm³/mol. The smallest absolute Gasteiger partial charge is 0.205 e. The number of thiophene rings is 1. The number of fused-ring (bicyclic) bond motifs is 1. The summed E-state index contributed by atoms with van der Waals surface area (Å²) in [4.78, 5) is 0. The van der Waals surface area contributed by atoms with Gasteiger partial charge in [-0.3, -0.25) is 0 Å². The summed E-state index contributed by atoms with van der Waals surface area (Å²) < 4.78 is 26.8. The van der Waals surface area contributed by atoms with Gasteiger partial charge in [-0.05, 0) is 27.4 Å². The monoisotopic (exact) mass is 296 g/mol. The fourth-order valence-electron chi connectivity index (χ4n) is 1.22. The quantitative estimate of drug-likeness (QED) is 0.674. The number of halogens is 4. The van der Waals surface area contributed by atoms with Gasteiger partial charge in [-0.25, -0.2) is 8.78 Å². The van der Waals surface area contributed by atoms with E-state index in [4.69, 9.17) is 11.6 Å². The van der Waals surface area contributed by atoms with Crippen molar-refractivity contribution in [3.63, 3.8) is 0 Å². The van der Waals surface area contributed by atoms with Crippen LogP contribution in [-0.2, 0) is 0 Å². The van der Waals surface area contributed by atoms with Gasteiger partial charge < -0.3 is 0 Å². The van der Waals surface area contributed by atoms with Crippen LogP contribution >= 0.6 is 38.9 Å². The number of hydrogen-bond acceptors (Lipinski definition) is 1. The fourth-order valence-corrected chi connectivity index (χ4v) is 3.18. The van der Waals surface area contributed by atoms with E-state index in [9.17, 15) is 8.78 Å². The van der Waals surface area contributed by atoms with Crippen LogP contribution in [0, 0.1) is 0 Å². The molecular weight excluding hydrogens is 294 g/mol. The molecule has 0 saturated heterocycles. The van der Waals surface area contributed by atoms with E-state index >= 15 is 0 Å². The lowest BCUT2D eigenvalue weighted by Crippen LogP contribution is -1.84. The Labute approximate surface area is 96.6 Å². The van der Waals surface area contributed by atoms with Gasteiger partial charge in [-0.2, -0.15) is 0 Å². The second kappa shape index (κ2) is 3.76. The second-order valence-electron chi connectivity index (χ2n) is 2.74. The molecule has 0 bridgehead atoms. The molecule has 2 aromatic rings. The molecule has 0 N–H and O–H groups in total. The van der Waals surface area contributed by atoms with Crippen LogP contribution in [0.25, 0.3) is 10.1 Å². The van der Waals surface area contributed by atoms with Crippen LogP contribution < -0.4 is 0 Å². The predicted octanol–water partition coefficient (Wildman–Crippen LogP) is 5.25. The summed E-state index contributed by atoms with van der Waals surface area (Å²) in [6.45, 7) is 0. The average Bonchev–Trinajstić information content (AvgIpc) is 2.46. The molecule has 0 spiro atoms. The lowest BCUT2D eigenvalue weighted by molar-refractivity contribution is 0.151. The maximum absolute atomic E-state index is 12.5. The van der Waals surface area contributed by atoms with Gasteiger partial charge in [-0.1, -0.05) is 23.7 Å². The van der Waals surface area contributed by atoms with Crippen molar-refractivity contribution in [1.82, 2.24) is 0 Å². The zero-order valence-corrected chi connectivity index (χ0v) is 9.89. The summed E-state index contributed by atoms with van der Waals surface area (Å²) in [6, 6.07) is 4.84.